The number of rotatable bonds is 7. The molecule has 2 aromatic rings. The first-order chi connectivity index (χ1) is 13.0. The minimum Gasteiger partial charge on any atom is -0.494 e. The van der Waals surface area contributed by atoms with Gasteiger partial charge in [0.2, 0.25) is 15.9 Å². The molecule has 28 heavy (non-hydrogen) atoms. The predicted octanol–water partition coefficient (Wildman–Crippen LogP) is 3.51. The molecule has 2 aromatic carbocycles. The quantitative estimate of drug-likeness (QED) is 0.750. The molecule has 0 heterocycles. The van der Waals surface area contributed by atoms with Crippen LogP contribution < -0.4 is 14.4 Å². The maximum absolute atomic E-state index is 12.6. The number of nitrogens with one attached hydrogen (secondary N) is 1. The van der Waals surface area contributed by atoms with Crippen LogP contribution in [-0.4, -0.2) is 33.7 Å². The minimum atomic E-state index is -4.48. The molecular formula is C18H19F3N2O4S. The first-order valence-electron chi connectivity index (χ1n) is 8.18. The summed E-state index contributed by atoms with van der Waals surface area (Å²) in [6.07, 6.45) is -3.53. The molecule has 0 aliphatic heterocycles. The molecule has 0 atom stereocenters. The van der Waals surface area contributed by atoms with E-state index >= 15 is 0 Å². The topological polar surface area (TPSA) is 75.7 Å². The molecule has 0 saturated carbocycles. The van der Waals surface area contributed by atoms with Gasteiger partial charge < -0.3 is 10.1 Å². The fourth-order valence-electron chi connectivity index (χ4n) is 2.35. The number of alkyl halides is 3. The van der Waals surface area contributed by atoms with E-state index in [1.807, 2.05) is 6.92 Å². The van der Waals surface area contributed by atoms with Crippen molar-refractivity contribution in [1.82, 2.24) is 0 Å². The normalized spacial score (nSPS) is 11.8. The Morgan fingerprint density at radius 1 is 1.07 bits per heavy atom. The van der Waals surface area contributed by atoms with Gasteiger partial charge >= 0.3 is 6.18 Å². The van der Waals surface area contributed by atoms with Crippen LogP contribution in [-0.2, 0) is 21.0 Å². The van der Waals surface area contributed by atoms with Gasteiger partial charge in [-0.25, -0.2) is 8.42 Å². The zero-order valence-corrected chi connectivity index (χ0v) is 16.0. The molecule has 0 spiro atoms. The van der Waals surface area contributed by atoms with Gasteiger partial charge in [-0.05, 0) is 55.5 Å². The van der Waals surface area contributed by atoms with Gasteiger partial charge in [-0.15, -0.1) is 0 Å². The summed E-state index contributed by atoms with van der Waals surface area (Å²) in [6, 6.07) is 10.0. The Kier molecular flexibility index (Phi) is 6.55. The largest absolute Gasteiger partial charge is 0.494 e. The Morgan fingerprint density at radius 3 is 2.11 bits per heavy atom. The molecule has 0 aromatic heterocycles. The number of carbonyl (C=O) groups is 1. The van der Waals surface area contributed by atoms with Crippen LogP contribution in [0.1, 0.15) is 12.5 Å². The van der Waals surface area contributed by atoms with Gasteiger partial charge in [-0.1, -0.05) is 0 Å². The van der Waals surface area contributed by atoms with E-state index in [-0.39, 0.29) is 11.4 Å². The van der Waals surface area contributed by atoms with Gasteiger partial charge in [-0.3, -0.25) is 9.10 Å². The Hall–Kier alpha value is -2.75. The minimum absolute atomic E-state index is 0.123. The molecule has 0 aliphatic rings. The van der Waals surface area contributed by atoms with Gasteiger partial charge in [0, 0.05) is 5.69 Å². The second kappa shape index (κ2) is 8.51. The molecule has 1 N–H and O–H groups in total. The smallest absolute Gasteiger partial charge is 0.416 e. The lowest BCUT2D eigenvalue weighted by atomic mass is 10.2. The van der Waals surface area contributed by atoms with Crippen molar-refractivity contribution in [2.24, 2.45) is 0 Å². The van der Waals surface area contributed by atoms with Crippen LogP contribution in [0.2, 0.25) is 0 Å². The average molecular weight is 416 g/mol. The second-order valence-electron chi connectivity index (χ2n) is 5.82. The summed E-state index contributed by atoms with van der Waals surface area (Å²) >= 11 is 0. The summed E-state index contributed by atoms with van der Waals surface area (Å²) in [5.41, 5.74) is -0.468. The van der Waals surface area contributed by atoms with Gasteiger partial charge in [0.25, 0.3) is 0 Å². The highest BCUT2D eigenvalue weighted by molar-refractivity contribution is 7.92. The first kappa shape index (κ1) is 21.5. The number of sulfonamides is 1. The van der Waals surface area contributed by atoms with Gasteiger partial charge in [0.15, 0.2) is 0 Å². The lowest BCUT2D eigenvalue weighted by Gasteiger charge is -2.22. The third-order valence-corrected chi connectivity index (χ3v) is 4.76. The second-order valence-corrected chi connectivity index (χ2v) is 7.73. The fourth-order valence-corrected chi connectivity index (χ4v) is 3.21. The molecule has 10 heteroatoms. The number of hydrogen-bond acceptors (Lipinski definition) is 4. The molecule has 1 amide bonds. The number of amides is 1. The van der Waals surface area contributed by atoms with Crippen molar-refractivity contribution < 1.29 is 31.1 Å². The van der Waals surface area contributed by atoms with Crippen LogP contribution >= 0.6 is 0 Å². The maximum atomic E-state index is 12.6. The standard InChI is InChI=1S/C18H19F3N2O4S/c1-3-27-16-10-8-15(9-11-16)23(28(2,25)26)12-17(24)22-14-6-4-13(5-7-14)18(19,20)21/h4-11H,3,12H2,1-2H3,(H,22,24). The molecule has 0 bridgehead atoms. The van der Waals surface area contributed by atoms with Crippen molar-refractivity contribution in [2.75, 3.05) is 29.0 Å². The summed E-state index contributed by atoms with van der Waals surface area (Å²) in [5.74, 6) is -0.145. The zero-order valence-electron chi connectivity index (χ0n) is 15.2. The highest BCUT2D eigenvalue weighted by atomic mass is 32.2. The molecule has 0 aliphatic carbocycles. The molecule has 6 nitrogen and oxygen atoms in total. The highest BCUT2D eigenvalue weighted by Crippen LogP contribution is 2.30. The van der Waals surface area contributed by atoms with Gasteiger partial charge in [-0.2, -0.15) is 13.2 Å². The van der Waals surface area contributed by atoms with Gasteiger partial charge in [0.1, 0.15) is 12.3 Å². The SMILES string of the molecule is CCOc1ccc(N(CC(=O)Nc2ccc(C(F)(F)F)cc2)S(C)(=O)=O)cc1. The van der Waals surface area contributed by atoms with Crippen LogP contribution in [0, 0.1) is 0 Å². The molecule has 0 unspecified atom stereocenters. The average Bonchev–Trinajstić information content (AvgIpc) is 2.59. The Labute approximate surface area is 161 Å². The van der Waals surface area contributed by atoms with E-state index in [9.17, 15) is 26.4 Å². The van der Waals surface area contributed by atoms with Crippen LogP contribution in [0.15, 0.2) is 48.5 Å². The van der Waals surface area contributed by atoms with Crippen molar-refractivity contribution in [3.05, 3.63) is 54.1 Å². The van der Waals surface area contributed by atoms with E-state index in [4.69, 9.17) is 4.74 Å². The third-order valence-electron chi connectivity index (χ3n) is 3.62. The molecule has 0 saturated heterocycles. The highest BCUT2D eigenvalue weighted by Gasteiger charge is 2.30. The van der Waals surface area contributed by atoms with E-state index in [1.54, 1.807) is 12.1 Å². The molecule has 2 rings (SSSR count). The van der Waals surface area contributed by atoms with E-state index in [0.29, 0.717) is 12.4 Å². The van der Waals surface area contributed by atoms with E-state index in [1.165, 1.54) is 12.1 Å². The molecule has 0 fully saturated rings. The van der Waals surface area contributed by atoms with Crippen LogP contribution in [0.25, 0.3) is 0 Å². The monoisotopic (exact) mass is 416 g/mol. The van der Waals surface area contributed by atoms with Crippen molar-refractivity contribution in [3.8, 4) is 5.75 Å². The summed E-state index contributed by atoms with van der Waals surface area (Å²) in [5, 5.41) is 2.39. The summed E-state index contributed by atoms with van der Waals surface area (Å²) in [7, 11) is -3.77. The van der Waals surface area contributed by atoms with E-state index < -0.39 is 34.2 Å². The van der Waals surface area contributed by atoms with Crippen LogP contribution in [0.5, 0.6) is 5.75 Å². The predicted molar refractivity (Wildman–Crippen MR) is 99.9 cm³/mol. The van der Waals surface area contributed by atoms with Crippen molar-refractivity contribution in [1.29, 1.82) is 0 Å². The van der Waals surface area contributed by atoms with E-state index in [2.05, 4.69) is 5.32 Å². The number of anilines is 2. The molecule has 0 radical (unpaired) electrons. The van der Waals surface area contributed by atoms with Crippen molar-refractivity contribution in [2.45, 2.75) is 13.1 Å². The number of nitrogens with zero attached hydrogens (tertiary/aromatic N) is 1. The fraction of sp³-hybridized carbons (Fsp3) is 0.278. The van der Waals surface area contributed by atoms with Crippen LogP contribution in [0.4, 0.5) is 24.5 Å². The zero-order chi connectivity index (χ0) is 20.9. The third kappa shape index (κ3) is 5.88. The number of halogens is 3. The number of benzene rings is 2. The molecular weight excluding hydrogens is 397 g/mol. The molecule has 152 valence electrons. The van der Waals surface area contributed by atoms with Crippen LogP contribution in [0.3, 0.4) is 0 Å². The Morgan fingerprint density at radius 2 is 1.64 bits per heavy atom. The first-order valence-corrected chi connectivity index (χ1v) is 10.0. The Bertz CT molecular complexity index is 911. The summed E-state index contributed by atoms with van der Waals surface area (Å²) < 4.78 is 68.1. The number of carbonyl (C=O) groups excluding carboxylic acids is 1. The van der Waals surface area contributed by atoms with Crippen molar-refractivity contribution in [3.63, 3.8) is 0 Å². The Balaban J connectivity index is 2.13. The maximum Gasteiger partial charge on any atom is 0.416 e. The lowest BCUT2D eigenvalue weighted by molar-refractivity contribution is -0.137. The number of hydrogen-bond donors (Lipinski definition) is 1. The summed E-state index contributed by atoms with van der Waals surface area (Å²) in [4.78, 5) is 12.2. The summed E-state index contributed by atoms with van der Waals surface area (Å²) in [6.45, 7) is 1.72. The van der Waals surface area contributed by atoms with Gasteiger partial charge in [0.05, 0.1) is 24.1 Å². The number of ether oxygens (including phenoxy) is 1. The van der Waals surface area contributed by atoms with E-state index in [0.717, 1.165) is 34.8 Å². The van der Waals surface area contributed by atoms with Crippen molar-refractivity contribution >= 4 is 27.3 Å². The lowest BCUT2D eigenvalue weighted by Crippen LogP contribution is -2.37.